The second-order valence-corrected chi connectivity index (χ2v) is 6.28. The monoisotopic (exact) mass is 361 g/mol. The molecule has 0 fully saturated rings. The number of nitrogens with one attached hydrogen (secondary N) is 1. The molecule has 1 aromatic rings. The second-order valence-electron chi connectivity index (χ2n) is 6.28. The first-order valence-corrected chi connectivity index (χ1v) is 8.16. The van der Waals surface area contributed by atoms with Crippen LogP contribution in [0.1, 0.15) is 24.8 Å². The summed E-state index contributed by atoms with van der Waals surface area (Å²) in [5.41, 5.74) is 7.59. The highest BCUT2D eigenvalue weighted by Crippen LogP contribution is 2.47. The van der Waals surface area contributed by atoms with Crippen molar-refractivity contribution in [3.05, 3.63) is 59.7 Å². The molecule has 0 aromatic heterocycles. The number of carbonyl (C=O) groups excluding carboxylic acids is 1. The Bertz CT molecular complexity index is 837. The first kappa shape index (κ1) is 18.0. The number of hydrogen-bond acceptors (Lipinski definition) is 3. The van der Waals surface area contributed by atoms with Crippen LogP contribution in [0.25, 0.3) is 6.08 Å². The number of amides is 1. The van der Waals surface area contributed by atoms with Gasteiger partial charge in [0.15, 0.2) is 0 Å². The number of nitrogens with two attached hydrogens (primary N) is 1. The third-order valence-electron chi connectivity index (χ3n) is 4.57. The van der Waals surface area contributed by atoms with Crippen molar-refractivity contribution in [3.8, 4) is 0 Å². The molecule has 0 bridgehead atoms. The Morgan fingerprint density at radius 3 is 2.65 bits per heavy atom. The van der Waals surface area contributed by atoms with E-state index < -0.39 is 17.5 Å². The van der Waals surface area contributed by atoms with Gasteiger partial charge in [-0.1, -0.05) is 48.1 Å². The Balaban J connectivity index is 1.91. The lowest BCUT2D eigenvalue weighted by Crippen LogP contribution is -2.43. The number of halogens is 3. The summed E-state index contributed by atoms with van der Waals surface area (Å²) in [7, 11) is 0. The third kappa shape index (κ3) is 3.42. The van der Waals surface area contributed by atoms with Crippen LogP contribution in [0.2, 0.25) is 0 Å². The first-order valence-electron chi connectivity index (χ1n) is 8.16. The number of hydrogen-bond donors (Lipinski definition) is 2. The molecule has 3 rings (SSSR count). The van der Waals surface area contributed by atoms with Crippen molar-refractivity contribution < 1.29 is 18.0 Å². The zero-order chi connectivity index (χ0) is 18.8. The summed E-state index contributed by atoms with van der Waals surface area (Å²) in [5.74, 6) is -0.481. The van der Waals surface area contributed by atoms with E-state index in [4.69, 9.17) is 5.73 Å². The molecule has 0 spiro atoms. The number of allylic oxidation sites excluding steroid dienone is 5. The van der Waals surface area contributed by atoms with E-state index in [1.807, 2.05) is 6.07 Å². The van der Waals surface area contributed by atoms with Crippen LogP contribution < -0.4 is 11.2 Å². The minimum absolute atomic E-state index is 0.104. The van der Waals surface area contributed by atoms with Crippen molar-refractivity contribution in [2.45, 2.75) is 25.4 Å². The standard InChI is InChI=1S/C19H18F3N3O/c20-19(21,22)18(11-9-13(10-12-18)5-8-17(23)26)16-7-6-14-3-1-2-4-15(14)24-25-16/h1-4,6-7,9-11,24H,5,8,12H2,(H2,23,26). The van der Waals surface area contributed by atoms with Crippen LogP contribution in [0.15, 0.2) is 59.2 Å². The van der Waals surface area contributed by atoms with Gasteiger partial charge in [0, 0.05) is 6.42 Å². The van der Waals surface area contributed by atoms with Gasteiger partial charge in [-0.15, -0.1) is 0 Å². The van der Waals surface area contributed by atoms with Crippen molar-refractivity contribution in [3.63, 3.8) is 0 Å². The highest BCUT2D eigenvalue weighted by atomic mass is 19.4. The Morgan fingerprint density at radius 1 is 1.23 bits per heavy atom. The second kappa shape index (κ2) is 6.82. The van der Waals surface area contributed by atoms with Gasteiger partial charge in [-0.2, -0.15) is 18.3 Å². The molecule has 1 amide bonds. The minimum atomic E-state index is -4.52. The predicted octanol–water partition coefficient (Wildman–Crippen LogP) is 4.18. The minimum Gasteiger partial charge on any atom is -0.370 e. The molecule has 26 heavy (non-hydrogen) atoms. The maximum Gasteiger partial charge on any atom is 0.403 e. The van der Waals surface area contributed by atoms with E-state index in [-0.39, 0.29) is 18.6 Å². The first-order chi connectivity index (χ1) is 12.3. The number of rotatable bonds is 4. The van der Waals surface area contributed by atoms with E-state index >= 15 is 0 Å². The number of nitrogens with zero attached hydrogens (tertiary/aromatic N) is 1. The van der Waals surface area contributed by atoms with Gasteiger partial charge in [0.05, 0.1) is 11.4 Å². The quantitative estimate of drug-likeness (QED) is 0.845. The Morgan fingerprint density at radius 2 is 2.00 bits per heavy atom. The molecule has 2 aliphatic rings. The van der Waals surface area contributed by atoms with Crippen LogP contribution in [-0.4, -0.2) is 17.8 Å². The molecule has 1 heterocycles. The zero-order valence-electron chi connectivity index (χ0n) is 13.9. The Kier molecular flexibility index (Phi) is 4.71. The number of carbonyl (C=O) groups is 1. The van der Waals surface area contributed by atoms with E-state index in [1.54, 1.807) is 24.3 Å². The van der Waals surface area contributed by atoms with Gasteiger partial charge < -0.3 is 5.73 Å². The summed E-state index contributed by atoms with van der Waals surface area (Å²) in [5, 5.41) is 4.03. The summed E-state index contributed by atoms with van der Waals surface area (Å²) in [6.45, 7) is 0. The number of alkyl halides is 3. The van der Waals surface area contributed by atoms with Crippen molar-refractivity contribution in [1.82, 2.24) is 0 Å². The third-order valence-corrected chi connectivity index (χ3v) is 4.57. The number of hydrazone groups is 1. The van der Waals surface area contributed by atoms with Crippen LogP contribution in [-0.2, 0) is 4.79 Å². The lowest BCUT2D eigenvalue weighted by Gasteiger charge is -2.34. The average Bonchev–Trinajstić information content (AvgIpc) is 2.82. The zero-order valence-corrected chi connectivity index (χ0v) is 13.9. The molecular weight excluding hydrogens is 343 g/mol. The highest BCUT2D eigenvalue weighted by molar-refractivity contribution is 6.06. The van der Waals surface area contributed by atoms with Gasteiger partial charge in [0.25, 0.3) is 0 Å². The lowest BCUT2D eigenvalue weighted by atomic mass is 9.74. The molecule has 1 atom stereocenters. The van der Waals surface area contributed by atoms with Gasteiger partial charge in [-0.25, -0.2) is 0 Å². The van der Waals surface area contributed by atoms with E-state index in [2.05, 4.69) is 10.5 Å². The molecule has 1 unspecified atom stereocenters. The molecule has 4 nitrogen and oxygen atoms in total. The van der Waals surface area contributed by atoms with E-state index in [0.29, 0.717) is 17.7 Å². The van der Waals surface area contributed by atoms with E-state index in [0.717, 1.165) is 11.6 Å². The fraction of sp³-hybridized carbons (Fsp3) is 0.263. The van der Waals surface area contributed by atoms with Crippen LogP contribution in [0.3, 0.4) is 0 Å². The largest absolute Gasteiger partial charge is 0.403 e. The maximum absolute atomic E-state index is 14.0. The summed E-state index contributed by atoms with van der Waals surface area (Å²) in [6.07, 6.45) is 2.71. The molecule has 7 heteroatoms. The number of primary amides is 1. The summed E-state index contributed by atoms with van der Waals surface area (Å²) in [4.78, 5) is 10.9. The van der Waals surface area contributed by atoms with Crippen molar-refractivity contribution in [1.29, 1.82) is 0 Å². The topological polar surface area (TPSA) is 67.5 Å². The lowest BCUT2D eigenvalue weighted by molar-refractivity contribution is -0.181. The van der Waals surface area contributed by atoms with Crippen molar-refractivity contribution >= 4 is 23.4 Å². The molecule has 1 aliphatic carbocycles. The number of para-hydroxylation sites is 1. The van der Waals surface area contributed by atoms with Gasteiger partial charge in [-0.3, -0.25) is 10.2 Å². The molecule has 136 valence electrons. The van der Waals surface area contributed by atoms with Crippen LogP contribution >= 0.6 is 0 Å². The normalized spacial score (nSPS) is 22.0. The fourth-order valence-electron chi connectivity index (χ4n) is 2.99. The molecule has 0 saturated heterocycles. The Labute approximate surface area is 149 Å². The molecule has 1 aliphatic heterocycles. The molecule has 0 saturated carbocycles. The van der Waals surface area contributed by atoms with Crippen molar-refractivity contribution in [2.75, 3.05) is 5.43 Å². The summed E-state index contributed by atoms with van der Waals surface area (Å²) in [6, 6.07) is 7.15. The number of benzene rings is 1. The molecule has 3 N–H and O–H groups in total. The van der Waals surface area contributed by atoms with Gasteiger partial charge in [0.2, 0.25) is 5.91 Å². The van der Waals surface area contributed by atoms with Crippen LogP contribution in [0, 0.1) is 5.41 Å². The summed E-state index contributed by atoms with van der Waals surface area (Å²) >= 11 is 0. The van der Waals surface area contributed by atoms with Crippen molar-refractivity contribution in [2.24, 2.45) is 16.3 Å². The smallest absolute Gasteiger partial charge is 0.370 e. The molecule has 1 aromatic carbocycles. The fourth-order valence-corrected chi connectivity index (χ4v) is 2.99. The average molecular weight is 361 g/mol. The molecular formula is C19H18F3N3O. The van der Waals surface area contributed by atoms with Crippen LogP contribution in [0.4, 0.5) is 18.9 Å². The maximum atomic E-state index is 14.0. The number of anilines is 1. The van der Waals surface area contributed by atoms with Gasteiger partial charge in [-0.05, 0) is 30.5 Å². The predicted molar refractivity (Wildman–Crippen MR) is 95.3 cm³/mol. The summed E-state index contributed by atoms with van der Waals surface area (Å²) < 4.78 is 42.0. The highest BCUT2D eigenvalue weighted by Gasteiger charge is 2.56. The Hall–Kier alpha value is -2.83. The van der Waals surface area contributed by atoms with E-state index in [1.165, 1.54) is 18.2 Å². The SMILES string of the molecule is NC(=O)CCC1=CCC(C2=NNc3ccccc3C=C2)(C(F)(F)F)C=C1. The van der Waals surface area contributed by atoms with Crippen LogP contribution in [0.5, 0.6) is 0 Å². The van der Waals surface area contributed by atoms with E-state index in [9.17, 15) is 18.0 Å². The number of fused-ring (bicyclic) bond motifs is 1. The molecule has 0 radical (unpaired) electrons. The van der Waals surface area contributed by atoms with Gasteiger partial charge in [0.1, 0.15) is 5.41 Å². The van der Waals surface area contributed by atoms with Gasteiger partial charge >= 0.3 is 6.18 Å².